The molecule has 212 valence electrons. The summed E-state index contributed by atoms with van der Waals surface area (Å²) in [7, 11) is 0. The number of rotatable bonds is 2. The maximum Gasteiger partial charge on any atom is 0.411 e. The maximum absolute atomic E-state index is 13.6. The monoisotopic (exact) mass is 557 g/mol. The van der Waals surface area contributed by atoms with Gasteiger partial charge >= 0.3 is 6.09 Å². The Labute approximate surface area is 239 Å². The Bertz CT molecular complexity index is 1440. The molecule has 1 saturated carbocycles. The number of piperidine rings is 1. The van der Waals surface area contributed by atoms with E-state index in [0.29, 0.717) is 30.2 Å². The van der Waals surface area contributed by atoms with Gasteiger partial charge in [0, 0.05) is 12.4 Å². The van der Waals surface area contributed by atoms with E-state index in [1.54, 1.807) is 11.1 Å². The van der Waals surface area contributed by atoms with Crippen LogP contribution in [0.4, 0.5) is 13.6 Å². The summed E-state index contributed by atoms with van der Waals surface area (Å²) in [6.07, 6.45) is 16.9. The van der Waals surface area contributed by atoms with Gasteiger partial charge in [0.25, 0.3) is 0 Å². The average molecular weight is 558 g/mol. The molecule has 2 aromatic heterocycles. The molecule has 0 aromatic carbocycles. The molecular weight excluding hydrogens is 524 g/mol. The summed E-state index contributed by atoms with van der Waals surface area (Å²) < 4.78 is 32.3. The van der Waals surface area contributed by atoms with E-state index in [-0.39, 0.29) is 24.0 Å². The van der Waals surface area contributed by atoms with E-state index in [1.807, 2.05) is 32.9 Å². The molecule has 0 radical (unpaired) electrons. The van der Waals surface area contributed by atoms with E-state index >= 15 is 0 Å². The maximum atomic E-state index is 13.6. The Morgan fingerprint density at radius 2 is 1.32 bits per heavy atom. The van der Waals surface area contributed by atoms with Gasteiger partial charge in [0.1, 0.15) is 17.2 Å². The van der Waals surface area contributed by atoms with Crippen molar-refractivity contribution in [3.63, 3.8) is 0 Å². The van der Waals surface area contributed by atoms with E-state index in [4.69, 9.17) is 4.74 Å². The largest absolute Gasteiger partial charge is 0.444 e. The van der Waals surface area contributed by atoms with E-state index in [2.05, 4.69) is 34.3 Å². The van der Waals surface area contributed by atoms with Gasteiger partial charge < -0.3 is 4.74 Å². The molecule has 2 unspecified atom stereocenters. The summed E-state index contributed by atoms with van der Waals surface area (Å²) in [6.45, 7) is 5.46. The van der Waals surface area contributed by atoms with E-state index in [1.165, 1.54) is 24.5 Å². The highest BCUT2D eigenvalue weighted by Crippen LogP contribution is 2.48. The fourth-order valence-corrected chi connectivity index (χ4v) is 6.68. The number of nitriles is 2. The molecule has 2 aliphatic carbocycles. The average Bonchev–Trinajstić information content (AvgIpc) is 3.42. The van der Waals surface area contributed by atoms with Crippen molar-refractivity contribution in [2.24, 2.45) is 11.8 Å². The van der Waals surface area contributed by atoms with Crippen LogP contribution in [0.25, 0.3) is 0 Å². The molecule has 2 aliphatic heterocycles. The summed E-state index contributed by atoms with van der Waals surface area (Å²) in [5, 5.41) is 19.3. The minimum atomic E-state index is -0.855. The summed E-state index contributed by atoms with van der Waals surface area (Å²) in [6, 6.07) is 7.11. The summed E-state index contributed by atoms with van der Waals surface area (Å²) in [5.74, 6) is 0.119. The number of nitrogens with zero attached hydrogens (tertiary/aromatic N) is 5. The summed E-state index contributed by atoms with van der Waals surface area (Å²) in [5.41, 5.74) is -0.684. The molecule has 4 bridgehead atoms. The fraction of sp³-hybridized carbons (Fsp3) is 0.469. The SMILES string of the molecule is CC(C)(C)OC(=O)N1[C@@H]2C=C[C@H]1CC(C#N)(c1cncc(F)c1)C2.N#CC1(c2cncc(F)c2)C[C@@H]2C=C[C@@H](C2)C1. The van der Waals surface area contributed by atoms with Gasteiger partial charge in [0.05, 0.1) is 47.4 Å². The predicted molar refractivity (Wildman–Crippen MR) is 147 cm³/mol. The van der Waals surface area contributed by atoms with Gasteiger partial charge in [0.2, 0.25) is 0 Å². The number of carbonyl (C=O) groups is 1. The standard InChI is InChI=1S/C18H20FN3O2.C14H13FN2/c1-17(2,3)24-16(23)22-14-4-5-15(22)8-18(7-14,11-20)12-6-13(19)10-21-9-12;15-13-4-12(7-17-8-13)14(9-16)5-10-1-2-11(3-10)6-14/h4-6,9-10,14-15H,7-8H2,1-3H3;1-2,4,7-8,10-11H,3,5-6H2/t14-,15+,18?;10-,11+,14?. The second-order valence-corrected chi connectivity index (χ2v) is 12.5. The highest BCUT2D eigenvalue weighted by Gasteiger charge is 2.50. The first-order valence-corrected chi connectivity index (χ1v) is 13.9. The molecule has 1 saturated heterocycles. The molecule has 4 heterocycles. The minimum absolute atomic E-state index is 0.235. The fourth-order valence-electron chi connectivity index (χ4n) is 6.68. The second-order valence-electron chi connectivity index (χ2n) is 12.5. The van der Waals surface area contributed by atoms with Crippen LogP contribution in [0, 0.1) is 46.1 Å². The van der Waals surface area contributed by atoms with Crippen molar-refractivity contribution >= 4 is 6.09 Å². The Kier molecular flexibility index (Phi) is 7.42. The first-order chi connectivity index (χ1) is 19.5. The quantitative estimate of drug-likeness (QED) is 0.402. The molecule has 4 aliphatic rings. The van der Waals surface area contributed by atoms with Gasteiger partial charge in [-0.3, -0.25) is 14.9 Å². The van der Waals surface area contributed by atoms with Crippen LogP contribution in [-0.2, 0) is 15.6 Å². The van der Waals surface area contributed by atoms with Gasteiger partial charge in [-0.15, -0.1) is 0 Å². The molecule has 0 spiro atoms. The number of allylic oxidation sites excluding steroid dienone is 2. The van der Waals surface area contributed by atoms with Crippen molar-refractivity contribution in [1.82, 2.24) is 14.9 Å². The predicted octanol–water partition coefficient (Wildman–Crippen LogP) is 6.29. The lowest BCUT2D eigenvalue weighted by molar-refractivity contribution is 0.00560. The van der Waals surface area contributed by atoms with E-state index in [9.17, 15) is 24.1 Å². The van der Waals surface area contributed by atoms with Crippen molar-refractivity contribution in [2.75, 3.05) is 0 Å². The lowest BCUT2D eigenvalue weighted by Crippen LogP contribution is -2.53. The highest BCUT2D eigenvalue weighted by molar-refractivity contribution is 5.71. The van der Waals surface area contributed by atoms with Crippen molar-refractivity contribution < 1.29 is 18.3 Å². The van der Waals surface area contributed by atoms with Crippen LogP contribution in [0.15, 0.2) is 61.2 Å². The first-order valence-electron chi connectivity index (χ1n) is 13.9. The second kappa shape index (κ2) is 10.7. The third-order valence-electron chi connectivity index (χ3n) is 8.41. The molecular formula is C32H33F2N5O2. The van der Waals surface area contributed by atoms with Crippen LogP contribution in [0.2, 0.25) is 0 Å². The number of halogens is 2. The zero-order valence-corrected chi connectivity index (χ0v) is 23.4. The third-order valence-corrected chi connectivity index (χ3v) is 8.41. The third kappa shape index (κ3) is 5.72. The molecule has 6 rings (SSSR count). The number of ether oxygens (including phenoxy) is 1. The van der Waals surface area contributed by atoms with E-state index in [0.717, 1.165) is 31.0 Å². The number of hydrogen-bond acceptors (Lipinski definition) is 6. The van der Waals surface area contributed by atoms with Gasteiger partial charge in [-0.1, -0.05) is 24.3 Å². The van der Waals surface area contributed by atoms with Gasteiger partial charge in [0.15, 0.2) is 0 Å². The normalized spacial score (nSPS) is 31.0. The zero-order chi connectivity index (χ0) is 29.4. The van der Waals surface area contributed by atoms with Crippen LogP contribution in [0.1, 0.15) is 64.0 Å². The van der Waals surface area contributed by atoms with Gasteiger partial charge in [-0.2, -0.15) is 10.5 Å². The zero-order valence-electron chi connectivity index (χ0n) is 23.4. The number of hydrogen-bond donors (Lipinski definition) is 0. The Balaban J connectivity index is 0.000000174. The number of fused-ring (bicyclic) bond motifs is 4. The van der Waals surface area contributed by atoms with Gasteiger partial charge in [-0.25, -0.2) is 13.6 Å². The minimum Gasteiger partial charge on any atom is -0.444 e. The van der Waals surface area contributed by atoms with Crippen LogP contribution in [-0.4, -0.2) is 38.6 Å². The van der Waals surface area contributed by atoms with Crippen molar-refractivity contribution in [2.45, 2.75) is 81.4 Å². The summed E-state index contributed by atoms with van der Waals surface area (Å²) in [4.78, 5) is 21.9. The molecule has 0 N–H and O–H groups in total. The van der Waals surface area contributed by atoms with E-state index < -0.39 is 22.2 Å². The van der Waals surface area contributed by atoms with Crippen LogP contribution < -0.4 is 0 Å². The number of carbonyl (C=O) groups excluding carboxylic acids is 1. The molecule has 9 heteroatoms. The number of amides is 1. The van der Waals surface area contributed by atoms with Crippen LogP contribution >= 0.6 is 0 Å². The van der Waals surface area contributed by atoms with Crippen LogP contribution in [0.3, 0.4) is 0 Å². The molecule has 41 heavy (non-hydrogen) atoms. The molecule has 2 fully saturated rings. The smallest absolute Gasteiger partial charge is 0.411 e. The van der Waals surface area contributed by atoms with Crippen molar-refractivity contribution in [3.05, 3.63) is 84.0 Å². The number of aromatic nitrogens is 2. The number of pyridine rings is 2. The summed E-state index contributed by atoms with van der Waals surface area (Å²) >= 11 is 0. The van der Waals surface area contributed by atoms with Crippen molar-refractivity contribution in [3.8, 4) is 12.1 Å². The molecule has 2 aromatic rings. The Hall–Kier alpha value is -4.11. The molecule has 1 amide bonds. The highest BCUT2D eigenvalue weighted by atomic mass is 19.1. The lowest BCUT2D eigenvalue weighted by Gasteiger charge is -2.43. The first kappa shape index (κ1) is 28.4. The Morgan fingerprint density at radius 1 is 0.854 bits per heavy atom. The molecule has 6 atom stereocenters. The van der Waals surface area contributed by atoms with Crippen LogP contribution in [0.5, 0.6) is 0 Å². The van der Waals surface area contributed by atoms with Gasteiger partial charge in [-0.05, 0) is 88.0 Å². The molecule has 7 nitrogen and oxygen atoms in total. The lowest BCUT2D eigenvalue weighted by atomic mass is 9.66. The topological polar surface area (TPSA) is 103 Å². The van der Waals surface area contributed by atoms with Crippen molar-refractivity contribution in [1.29, 1.82) is 10.5 Å². The Morgan fingerprint density at radius 3 is 1.73 bits per heavy atom.